The summed E-state index contributed by atoms with van der Waals surface area (Å²) in [4.78, 5) is 27.1. The highest BCUT2D eigenvalue weighted by Crippen LogP contribution is 2.20. The summed E-state index contributed by atoms with van der Waals surface area (Å²) in [5.74, 6) is -1.18. The molecule has 0 aliphatic carbocycles. The van der Waals surface area contributed by atoms with Gasteiger partial charge in [-0.2, -0.15) is 13.2 Å². The zero-order valence-corrected chi connectivity index (χ0v) is 12.1. The molecule has 0 saturated carbocycles. The molecule has 0 radical (unpaired) electrons. The average Bonchev–Trinajstić information content (AvgIpc) is 2.84. The van der Waals surface area contributed by atoms with E-state index in [2.05, 4.69) is 10.3 Å². The van der Waals surface area contributed by atoms with Gasteiger partial charge in [-0.05, 0) is 6.92 Å². The number of carbonyl (C=O) groups excluding carboxylic acids is 1. The van der Waals surface area contributed by atoms with Crippen LogP contribution in [0.25, 0.3) is 0 Å². The molecule has 0 spiro atoms. The molecule has 1 unspecified atom stereocenters. The van der Waals surface area contributed by atoms with E-state index in [9.17, 15) is 22.8 Å². The lowest BCUT2D eigenvalue weighted by molar-refractivity contribution is -0.136. The van der Waals surface area contributed by atoms with Gasteiger partial charge in [-0.15, -0.1) is 11.3 Å². The Kier molecular flexibility index (Phi) is 5.53. The zero-order chi connectivity index (χ0) is 16.2. The molecule has 1 aromatic rings. The summed E-state index contributed by atoms with van der Waals surface area (Å²) < 4.78 is 36.2. The van der Waals surface area contributed by atoms with E-state index in [0.717, 1.165) is 16.2 Å². The van der Waals surface area contributed by atoms with Crippen LogP contribution in [-0.2, 0) is 0 Å². The van der Waals surface area contributed by atoms with E-state index in [1.165, 1.54) is 12.4 Å². The van der Waals surface area contributed by atoms with Crippen LogP contribution in [0.4, 0.5) is 18.0 Å². The molecule has 0 fully saturated rings. The van der Waals surface area contributed by atoms with Crippen molar-refractivity contribution >= 4 is 23.3 Å². The molecule has 0 bridgehead atoms. The summed E-state index contributed by atoms with van der Waals surface area (Å²) in [6, 6.07) is -1.28. The second-order valence-corrected chi connectivity index (χ2v) is 5.22. The average molecular weight is 325 g/mol. The lowest BCUT2D eigenvalue weighted by Crippen LogP contribution is -2.40. The SMILES string of the molecule is CC(NC(=O)N(C)CCC(F)(F)F)c1nc(C(=O)O)cs1. The molecular weight excluding hydrogens is 311 g/mol. The molecule has 1 rings (SSSR count). The van der Waals surface area contributed by atoms with Crippen LogP contribution in [0.2, 0.25) is 0 Å². The lowest BCUT2D eigenvalue weighted by atomic mass is 10.3. The maximum atomic E-state index is 12.1. The Morgan fingerprint density at radius 3 is 2.62 bits per heavy atom. The monoisotopic (exact) mass is 325 g/mol. The smallest absolute Gasteiger partial charge is 0.390 e. The van der Waals surface area contributed by atoms with E-state index >= 15 is 0 Å². The molecule has 0 saturated heterocycles. The Labute approximate surface area is 122 Å². The third-order valence-corrected chi connectivity index (χ3v) is 3.56. The number of thiazole rings is 1. The summed E-state index contributed by atoms with van der Waals surface area (Å²) in [5.41, 5.74) is -0.137. The largest absolute Gasteiger partial charge is 0.476 e. The first kappa shape index (κ1) is 17.2. The van der Waals surface area contributed by atoms with Crippen molar-refractivity contribution in [2.75, 3.05) is 13.6 Å². The molecule has 1 heterocycles. The summed E-state index contributed by atoms with van der Waals surface area (Å²) in [6.45, 7) is 1.11. The molecule has 118 valence electrons. The molecule has 21 heavy (non-hydrogen) atoms. The van der Waals surface area contributed by atoms with E-state index in [1.807, 2.05) is 0 Å². The molecular formula is C11H14F3N3O3S. The van der Waals surface area contributed by atoms with Gasteiger partial charge in [0.05, 0.1) is 12.5 Å². The van der Waals surface area contributed by atoms with Gasteiger partial charge in [-0.3, -0.25) is 0 Å². The van der Waals surface area contributed by atoms with Gasteiger partial charge in [0, 0.05) is 19.0 Å². The maximum Gasteiger partial charge on any atom is 0.390 e. The summed E-state index contributed by atoms with van der Waals surface area (Å²) in [5, 5.41) is 12.9. The number of hydrogen-bond acceptors (Lipinski definition) is 4. The Balaban J connectivity index is 2.54. The topological polar surface area (TPSA) is 82.5 Å². The molecule has 2 N–H and O–H groups in total. The van der Waals surface area contributed by atoms with Gasteiger partial charge in [0.25, 0.3) is 0 Å². The fourth-order valence-corrected chi connectivity index (χ4v) is 2.14. The highest BCUT2D eigenvalue weighted by molar-refractivity contribution is 7.09. The van der Waals surface area contributed by atoms with E-state index in [-0.39, 0.29) is 5.69 Å². The molecule has 0 aliphatic heterocycles. The van der Waals surface area contributed by atoms with Gasteiger partial charge in [-0.1, -0.05) is 0 Å². The molecule has 1 atom stereocenters. The van der Waals surface area contributed by atoms with Gasteiger partial charge >= 0.3 is 18.2 Å². The van der Waals surface area contributed by atoms with Crippen LogP contribution in [-0.4, -0.2) is 46.8 Å². The predicted molar refractivity (Wildman–Crippen MR) is 69.3 cm³/mol. The van der Waals surface area contributed by atoms with E-state index < -0.39 is 37.2 Å². The van der Waals surface area contributed by atoms with Gasteiger partial charge in [0.2, 0.25) is 0 Å². The first-order chi connectivity index (χ1) is 9.60. The Morgan fingerprint density at radius 1 is 1.52 bits per heavy atom. The number of rotatable bonds is 5. The lowest BCUT2D eigenvalue weighted by Gasteiger charge is -2.21. The first-order valence-corrected chi connectivity index (χ1v) is 6.75. The van der Waals surface area contributed by atoms with E-state index in [0.29, 0.717) is 5.01 Å². The Bertz CT molecular complexity index is 518. The first-order valence-electron chi connectivity index (χ1n) is 5.87. The number of aromatic carboxylic acids is 1. The highest BCUT2D eigenvalue weighted by Gasteiger charge is 2.28. The minimum atomic E-state index is -4.33. The van der Waals surface area contributed by atoms with Crippen LogP contribution in [0.5, 0.6) is 0 Å². The van der Waals surface area contributed by atoms with Crippen LogP contribution in [0, 0.1) is 0 Å². The summed E-state index contributed by atoms with van der Waals surface area (Å²) >= 11 is 1.05. The second-order valence-electron chi connectivity index (χ2n) is 4.33. The van der Waals surface area contributed by atoms with Crippen molar-refractivity contribution in [3.63, 3.8) is 0 Å². The third-order valence-electron chi connectivity index (χ3n) is 2.53. The highest BCUT2D eigenvalue weighted by atomic mass is 32.1. The van der Waals surface area contributed by atoms with E-state index in [1.54, 1.807) is 6.92 Å². The third kappa shape index (κ3) is 5.58. The number of halogens is 3. The number of aromatic nitrogens is 1. The van der Waals surface area contributed by atoms with Gasteiger partial charge < -0.3 is 15.3 Å². The molecule has 10 heteroatoms. The molecule has 6 nitrogen and oxygen atoms in total. The van der Waals surface area contributed by atoms with Crippen molar-refractivity contribution in [3.05, 3.63) is 16.1 Å². The fraction of sp³-hybridized carbons (Fsp3) is 0.545. The van der Waals surface area contributed by atoms with Gasteiger partial charge in [0.1, 0.15) is 5.01 Å². The van der Waals surface area contributed by atoms with Crippen LogP contribution in [0.3, 0.4) is 0 Å². The van der Waals surface area contributed by atoms with Crippen molar-refractivity contribution in [2.45, 2.75) is 25.6 Å². The number of carbonyl (C=O) groups is 2. The normalized spacial score (nSPS) is 12.8. The number of alkyl halides is 3. The van der Waals surface area contributed by atoms with Crippen LogP contribution in [0.1, 0.15) is 34.9 Å². The standard InChI is InChI=1S/C11H14F3N3O3S/c1-6(8-16-7(5-21-8)9(18)19)15-10(20)17(2)4-3-11(12,13)14/h5-6H,3-4H2,1-2H3,(H,15,20)(H,18,19). The number of amides is 2. The summed E-state index contributed by atoms with van der Waals surface area (Å²) in [7, 11) is 1.25. The number of carboxylic acids is 1. The van der Waals surface area contributed by atoms with Crippen LogP contribution < -0.4 is 5.32 Å². The Morgan fingerprint density at radius 2 is 2.14 bits per heavy atom. The van der Waals surface area contributed by atoms with Crippen molar-refractivity contribution in [1.29, 1.82) is 0 Å². The minimum Gasteiger partial charge on any atom is -0.476 e. The fourth-order valence-electron chi connectivity index (χ4n) is 1.34. The van der Waals surface area contributed by atoms with Crippen LogP contribution in [0.15, 0.2) is 5.38 Å². The van der Waals surface area contributed by atoms with Gasteiger partial charge in [0.15, 0.2) is 5.69 Å². The van der Waals surface area contributed by atoms with Crippen molar-refractivity contribution in [1.82, 2.24) is 15.2 Å². The number of urea groups is 1. The zero-order valence-electron chi connectivity index (χ0n) is 11.3. The maximum absolute atomic E-state index is 12.1. The van der Waals surface area contributed by atoms with Gasteiger partial charge in [-0.25, -0.2) is 14.6 Å². The van der Waals surface area contributed by atoms with E-state index in [4.69, 9.17) is 5.11 Å². The number of nitrogens with zero attached hydrogens (tertiary/aromatic N) is 2. The molecule has 2 amide bonds. The number of carboxylic acid groups (broad SMARTS) is 1. The minimum absolute atomic E-state index is 0.137. The molecule has 0 aliphatic rings. The quantitative estimate of drug-likeness (QED) is 0.871. The molecule has 0 aromatic carbocycles. The Hall–Kier alpha value is -1.84. The van der Waals surface area contributed by atoms with Crippen molar-refractivity contribution in [3.8, 4) is 0 Å². The predicted octanol–water partition coefficient (Wildman–Crippen LogP) is 2.50. The second kappa shape index (κ2) is 6.74. The number of nitrogens with one attached hydrogen (secondary N) is 1. The van der Waals surface area contributed by atoms with Crippen molar-refractivity contribution < 1.29 is 27.9 Å². The summed E-state index contributed by atoms with van der Waals surface area (Å²) in [6.07, 6.45) is -5.42. The molecule has 1 aromatic heterocycles. The van der Waals surface area contributed by atoms with Crippen LogP contribution >= 0.6 is 11.3 Å². The van der Waals surface area contributed by atoms with Crippen molar-refractivity contribution in [2.24, 2.45) is 0 Å². The number of hydrogen-bond donors (Lipinski definition) is 2.